The zero-order valence-electron chi connectivity index (χ0n) is 27.4. The van der Waals surface area contributed by atoms with Gasteiger partial charge < -0.3 is 9.47 Å². The molecule has 3 aliphatic rings. The molecule has 8 rings (SSSR count). The van der Waals surface area contributed by atoms with E-state index in [2.05, 4.69) is 15.9 Å². The Kier molecular flexibility index (Phi) is 7.53. The highest BCUT2D eigenvalue weighted by Crippen LogP contribution is 2.74. The summed E-state index contributed by atoms with van der Waals surface area (Å²) in [6.07, 6.45) is 0. The van der Waals surface area contributed by atoms with Crippen molar-refractivity contribution >= 4 is 56.0 Å². The lowest BCUT2D eigenvalue weighted by Crippen LogP contribution is -2.45. The van der Waals surface area contributed by atoms with Gasteiger partial charge in [0.05, 0.1) is 47.5 Å². The van der Waals surface area contributed by atoms with Gasteiger partial charge in [0.15, 0.2) is 5.78 Å². The Morgan fingerprint density at radius 3 is 1.45 bits per heavy atom. The number of carbonyl (C=O) groups excluding carboxylic acids is 3. The van der Waals surface area contributed by atoms with Gasteiger partial charge in [0.25, 0.3) is 5.69 Å². The van der Waals surface area contributed by atoms with Crippen molar-refractivity contribution in [2.45, 2.75) is 10.8 Å². The number of allylic oxidation sites excluding steroid dienone is 2. The topological polar surface area (TPSA) is 116 Å². The van der Waals surface area contributed by atoms with E-state index in [4.69, 9.17) is 9.47 Å². The molecule has 9 nitrogen and oxygen atoms in total. The summed E-state index contributed by atoms with van der Waals surface area (Å²) in [6.45, 7) is 0. The van der Waals surface area contributed by atoms with Crippen molar-refractivity contribution in [1.82, 2.24) is 0 Å². The predicted molar refractivity (Wildman–Crippen MR) is 194 cm³/mol. The van der Waals surface area contributed by atoms with Gasteiger partial charge in [-0.3, -0.25) is 24.5 Å². The molecule has 0 aromatic heterocycles. The number of hydrogen-bond acceptors (Lipinski definition) is 7. The highest BCUT2D eigenvalue weighted by molar-refractivity contribution is 9.10. The Morgan fingerprint density at radius 2 is 1.08 bits per heavy atom. The number of nitro groups is 1. The molecule has 2 aliphatic carbocycles. The first-order valence-corrected chi connectivity index (χ1v) is 17.0. The zero-order valence-corrected chi connectivity index (χ0v) is 29.0. The van der Waals surface area contributed by atoms with Crippen LogP contribution in [0.3, 0.4) is 0 Å². The SMILES string of the molecule is COc1ccc(C2=C(c3ccc(OC)cc3)[C@@]3(c4ccccc4)C(=O)[C@@]2(c2ccccc2)[C@H]2C(=O)N(c4ccc([N+](=O)[O-])cc4Br)C(=O)[C@@H]23)cc1. The van der Waals surface area contributed by atoms with E-state index in [1.54, 1.807) is 14.2 Å². The van der Waals surface area contributed by atoms with E-state index in [-0.39, 0.29) is 21.6 Å². The molecular weight excluding hydrogens is 712 g/mol. The number of nitrogens with zero attached hydrogens (tertiary/aromatic N) is 2. The Labute approximate surface area is 301 Å². The number of non-ortho nitro benzene ring substituents is 1. The Morgan fingerprint density at radius 1 is 0.647 bits per heavy atom. The van der Waals surface area contributed by atoms with E-state index >= 15 is 14.4 Å². The summed E-state index contributed by atoms with van der Waals surface area (Å²) in [7, 11) is 3.15. The monoisotopic (exact) mass is 740 g/mol. The highest BCUT2D eigenvalue weighted by atomic mass is 79.9. The second kappa shape index (κ2) is 11.9. The van der Waals surface area contributed by atoms with Crippen molar-refractivity contribution in [2.75, 3.05) is 19.1 Å². The first kappa shape index (κ1) is 32.3. The van der Waals surface area contributed by atoms with Crippen LogP contribution in [0, 0.1) is 22.0 Å². The van der Waals surface area contributed by atoms with Gasteiger partial charge in [0.1, 0.15) is 11.5 Å². The molecule has 0 N–H and O–H groups in total. The number of anilines is 1. The molecule has 4 atom stereocenters. The Balaban J connectivity index is 1.52. The lowest BCUT2D eigenvalue weighted by molar-refractivity contribution is -0.384. The number of ether oxygens (including phenoxy) is 2. The van der Waals surface area contributed by atoms with Crippen molar-refractivity contribution in [2.24, 2.45) is 11.8 Å². The quantitative estimate of drug-likeness (QED) is 0.0916. The van der Waals surface area contributed by atoms with E-state index in [9.17, 15) is 10.1 Å². The second-order valence-electron chi connectivity index (χ2n) is 12.7. The number of amides is 2. The van der Waals surface area contributed by atoms with Crippen LogP contribution in [-0.2, 0) is 25.2 Å². The third-order valence-electron chi connectivity index (χ3n) is 10.6. The molecule has 1 saturated carbocycles. The summed E-state index contributed by atoms with van der Waals surface area (Å²) >= 11 is 3.41. The summed E-state index contributed by atoms with van der Waals surface area (Å²) < 4.78 is 11.2. The molecule has 51 heavy (non-hydrogen) atoms. The van der Waals surface area contributed by atoms with Gasteiger partial charge in [-0.1, -0.05) is 84.9 Å². The first-order valence-electron chi connectivity index (χ1n) is 16.2. The maximum atomic E-state index is 16.1. The maximum absolute atomic E-state index is 16.1. The summed E-state index contributed by atoms with van der Waals surface area (Å²) in [6, 6.07) is 37.1. The van der Waals surface area contributed by atoms with Crippen LogP contribution < -0.4 is 14.4 Å². The Bertz CT molecular complexity index is 2160. The van der Waals surface area contributed by atoms with E-state index in [1.165, 1.54) is 18.2 Å². The van der Waals surface area contributed by atoms with Crippen molar-refractivity contribution in [3.05, 3.63) is 164 Å². The first-order chi connectivity index (χ1) is 24.7. The molecule has 1 aliphatic heterocycles. The molecule has 2 bridgehead atoms. The Hall–Kier alpha value is -5.87. The fourth-order valence-electron chi connectivity index (χ4n) is 8.67. The highest BCUT2D eigenvalue weighted by Gasteiger charge is 2.82. The minimum absolute atomic E-state index is 0.167. The zero-order chi connectivity index (χ0) is 35.7. The smallest absolute Gasteiger partial charge is 0.270 e. The predicted octanol–water partition coefficient (Wildman–Crippen LogP) is 7.56. The van der Waals surface area contributed by atoms with Gasteiger partial charge in [-0.15, -0.1) is 0 Å². The van der Waals surface area contributed by atoms with Gasteiger partial charge in [0, 0.05) is 16.6 Å². The van der Waals surface area contributed by atoms with Crippen molar-refractivity contribution in [3.63, 3.8) is 0 Å². The van der Waals surface area contributed by atoms with Crippen molar-refractivity contribution in [3.8, 4) is 11.5 Å². The molecular formula is C41H29BrN2O7. The van der Waals surface area contributed by atoms with E-state index in [1.807, 2.05) is 109 Å². The number of ketones is 1. The summed E-state index contributed by atoms with van der Waals surface area (Å²) in [5.41, 5.74) is 0.569. The van der Waals surface area contributed by atoms with Gasteiger partial charge in [-0.2, -0.15) is 0 Å². The third kappa shape index (κ3) is 4.29. The van der Waals surface area contributed by atoms with Crippen LogP contribution in [0.2, 0.25) is 0 Å². The van der Waals surface area contributed by atoms with Gasteiger partial charge in [-0.25, -0.2) is 4.90 Å². The molecule has 1 saturated heterocycles. The molecule has 0 radical (unpaired) electrons. The lowest BCUT2D eigenvalue weighted by Gasteiger charge is -2.39. The van der Waals surface area contributed by atoms with E-state index in [0.29, 0.717) is 44.9 Å². The van der Waals surface area contributed by atoms with Crippen LogP contribution in [-0.4, -0.2) is 36.7 Å². The number of Topliss-reactive ketones (excluding diaryl/α,β-unsaturated/α-hetero) is 1. The molecule has 5 aromatic carbocycles. The van der Waals surface area contributed by atoms with Crippen molar-refractivity contribution < 1.29 is 28.8 Å². The van der Waals surface area contributed by atoms with Crippen LogP contribution in [0.5, 0.6) is 11.5 Å². The van der Waals surface area contributed by atoms with Gasteiger partial charge in [-0.05, 0) is 79.7 Å². The largest absolute Gasteiger partial charge is 0.497 e. The molecule has 5 aromatic rings. The maximum Gasteiger partial charge on any atom is 0.270 e. The molecule has 252 valence electrons. The van der Waals surface area contributed by atoms with Crippen molar-refractivity contribution in [1.29, 1.82) is 0 Å². The second-order valence-corrected chi connectivity index (χ2v) is 13.6. The number of halogens is 1. The van der Waals surface area contributed by atoms with Crippen LogP contribution in [0.4, 0.5) is 11.4 Å². The standard InChI is InChI=1S/C41H29BrN2O7/c1-50-29-18-13-24(14-19-29)33-34(25-15-20-30(51-2)21-16-25)41(27-11-7-4-8-12-27)36-35(40(33,39(41)47)26-9-5-3-6-10-26)37(45)43(38(36)46)32-22-17-28(44(48)49)23-31(32)42/h3-23,35-36H,1-2H3/t35-,36-,40-,41-/m1/s1. The molecule has 10 heteroatoms. The molecule has 0 unspecified atom stereocenters. The summed E-state index contributed by atoms with van der Waals surface area (Å²) in [4.78, 5) is 58.6. The molecule has 2 fully saturated rings. The van der Waals surface area contributed by atoms with Crippen LogP contribution >= 0.6 is 15.9 Å². The minimum Gasteiger partial charge on any atom is -0.497 e. The number of benzene rings is 5. The number of carbonyl (C=O) groups is 3. The third-order valence-corrected chi connectivity index (χ3v) is 11.2. The van der Waals surface area contributed by atoms with Crippen LogP contribution in [0.15, 0.2) is 132 Å². The molecule has 1 heterocycles. The summed E-state index contributed by atoms with van der Waals surface area (Å²) in [5, 5.41) is 11.6. The number of rotatable bonds is 8. The molecule has 0 spiro atoms. The molecule has 2 amide bonds. The average Bonchev–Trinajstić information content (AvgIpc) is 3.67. The fraction of sp³-hybridized carbons (Fsp3) is 0.146. The van der Waals surface area contributed by atoms with Crippen LogP contribution in [0.25, 0.3) is 11.1 Å². The van der Waals surface area contributed by atoms with E-state index < -0.39 is 39.4 Å². The minimum atomic E-state index is -1.61. The number of methoxy groups -OCH3 is 2. The lowest BCUT2D eigenvalue weighted by atomic mass is 9.59. The summed E-state index contributed by atoms with van der Waals surface area (Å²) in [5.74, 6) is -2.45. The van der Waals surface area contributed by atoms with E-state index in [0.717, 1.165) is 4.90 Å². The number of hydrogen-bond donors (Lipinski definition) is 0. The number of imide groups is 1. The van der Waals surface area contributed by atoms with Gasteiger partial charge in [0.2, 0.25) is 11.8 Å². The van der Waals surface area contributed by atoms with Crippen LogP contribution in [0.1, 0.15) is 22.3 Å². The normalized spacial score (nSPS) is 23.5. The fourth-order valence-corrected chi connectivity index (χ4v) is 9.21. The number of nitro benzene ring substituents is 1. The number of fused-ring (bicyclic) bond motifs is 5. The average molecular weight is 742 g/mol. The van der Waals surface area contributed by atoms with Gasteiger partial charge >= 0.3 is 0 Å².